The van der Waals surface area contributed by atoms with Gasteiger partial charge in [0.05, 0.1) is 20.8 Å². The van der Waals surface area contributed by atoms with Crippen molar-refractivity contribution in [1.82, 2.24) is 5.32 Å². The van der Waals surface area contributed by atoms with Crippen molar-refractivity contribution in [3.05, 3.63) is 23.8 Å². The molecule has 3 heteroatoms. The molecule has 1 aromatic rings. The van der Waals surface area contributed by atoms with Crippen LogP contribution in [0, 0.1) is 11.8 Å². The zero-order valence-electron chi connectivity index (χ0n) is 10.8. The molecule has 1 aromatic carbocycles. The second-order valence-corrected chi connectivity index (χ2v) is 3.64. The van der Waals surface area contributed by atoms with Gasteiger partial charge in [0.25, 0.3) is 0 Å². The van der Waals surface area contributed by atoms with Crippen LogP contribution in [0.4, 0.5) is 0 Å². The lowest BCUT2D eigenvalue weighted by Gasteiger charge is -2.16. The molecule has 0 aliphatic carbocycles. The Morgan fingerprint density at radius 2 is 2.06 bits per heavy atom. The number of benzene rings is 1. The topological polar surface area (TPSA) is 30.5 Å². The minimum absolute atomic E-state index is 0.191. The second-order valence-electron chi connectivity index (χ2n) is 3.64. The average Bonchev–Trinajstić information content (AvgIpc) is 2.38. The van der Waals surface area contributed by atoms with Crippen LogP contribution in [0.2, 0.25) is 0 Å². The first-order chi connectivity index (χ1) is 8.22. The Balaban J connectivity index is 2.83. The molecule has 0 saturated heterocycles. The predicted octanol–water partition coefficient (Wildman–Crippen LogP) is 2.38. The van der Waals surface area contributed by atoms with Crippen molar-refractivity contribution < 1.29 is 9.47 Å². The molecule has 0 aromatic heterocycles. The lowest BCUT2D eigenvalue weighted by atomic mass is 10.1. The van der Waals surface area contributed by atoms with E-state index < -0.39 is 0 Å². The fourth-order valence-corrected chi connectivity index (χ4v) is 1.58. The normalized spacial score (nSPS) is 11.3. The van der Waals surface area contributed by atoms with E-state index in [1.165, 1.54) is 0 Å². The highest BCUT2D eigenvalue weighted by molar-refractivity contribution is 5.42. The number of rotatable bonds is 5. The second kappa shape index (κ2) is 6.82. The zero-order valence-corrected chi connectivity index (χ0v) is 10.8. The molecular formula is C14H19NO2. The van der Waals surface area contributed by atoms with Crippen molar-refractivity contribution in [1.29, 1.82) is 0 Å². The smallest absolute Gasteiger partial charge is 0.127 e. The maximum atomic E-state index is 5.36. The fourth-order valence-electron chi connectivity index (χ4n) is 1.58. The summed E-state index contributed by atoms with van der Waals surface area (Å²) >= 11 is 0. The minimum Gasteiger partial charge on any atom is -0.497 e. The van der Waals surface area contributed by atoms with Gasteiger partial charge >= 0.3 is 0 Å². The van der Waals surface area contributed by atoms with Gasteiger partial charge < -0.3 is 9.47 Å². The molecule has 0 spiro atoms. The largest absolute Gasteiger partial charge is 0.497 e. The molecule has 17 heavy (non-hydrogen) atoms. The highest BCUT2D eigenvalue weighted by atomic mass is 16.5. The molecule has 0 saturated carbocycles. The monoisotopic (exact) mass is 233 g/mol. The van der Waals surface area contributed by atoms with Crippen LogP contribution in [0.25, 0.3) is 0 Å². The average molecular weight is 233 g/mol. The Bertz CT molecular complexity index is 418. The van der Waals surface area contributed by atoms with Gasteiger partial charge in [0.15, 0.2) is 0 Å². The van der Waals surface area contributed by atoms with E-state index in [0.29, 0.717) is 6.54 Å². The quantitative estimate of drug-likeness (QED) is 0.792. The summed E-state index contributed by atoms with van der Waals surface area (Å²) in [5, 5.41) is 3.32. The molecule has 0 bridgehead atoms. The van der Waals surface area contributed by atoms with Gasteiger partial charge in [0.1, 0.15) is 11.5 Å². The summed E-state index contributed by atoms with van der Waals surface area (Å²) in [7, 11) is 3.31. The first-order valence-electron chi connectivity index (χ1n) is 5.57. The molecule has 0 heterocycles. The maximum Gasteiger partial charge on any atom is 0.127 e. The van der Waals surface area contributed by atoms with Gasteiger partial charge in [-0.1, -0.05) is 12.0 Å². The third-order valence-electron chi connectivity index (χ3n) is 2.58. The number of nitrogens with one attached hydrogen (secondary N) is 1. The van der Waals surface area contributed by atoms with Crippen LogP contribution in [0.1, 0.15) is 25.5 Å². The number of methoxy groups -OCH3 is 2. The van der Waals surface area contributed by atoms with Crippen molar-refractivity contribution in [2.24, 2.45) is 0 Å². The van der Waals surface area contributed by atoms with E-state index in [1.54, 1.807) is 14.2 Å². The van der Waals surface area contributed by atoms with Crippen molar-refractivity contribution in [2.45, 2.75) is 19.9 Å². The van der Waals surface area contributed by atoms with E-state index in [-0.39, 0.29) is 6.04 Å². The molecule has 1 rings (SSSR count). The zero-order chi connectivity index (χ0) is 12.7. The Hall–Kier alpha value is -1.66. The minimum atomic E-state index is 0.191. The van der Waals surface area contributed by atoms with Gasteiger partial charge in [0.2, 0.25) is 0 Å². The van der Waals surface area contributed by atoms with Crippen molar-refractivity contribution >= 4 is 0 Å². The summed E-state index contributed by atoms with van der Waals surface area (Å²) in [6, 6.07) is 6.02. The summed E-state index contributed by atoms with van der Waals surface area (Å²) < 4.78 is 10.5. The number of ether oxygens (including phenoxy) is 2. The molecule has 0 aliphatic rings. The first-order valence-corrected chi connectivity index (χ1v) is 5.57. The Morgan fingerprint density at radius 1 is 1.29 bits per heavy atom. The molecule has 1 N–H and O–H groups in total. The summed E-state index contributed by atoms with van der Waals surface area (Å²) in [5.74, 6) is 7.46. The van der Waals surface area contributed by atoms with Crippen molar-refractivity contribution in [3.63, 3.8) is 0 Å². The lowest BCUT2D eigenvalue weighted by Crippen LogP contribution is -2.19. The maximum absolute atomic E-state index is 5.36. The summed E-state index contributed by atoms with van der Waals surface area (Å²) in [6.07, 6.45) is 0. The summed E-state index contributed by atoms with van der Waals surface area (Å²) in [6.45, 7) is 4.59. The van der Waals surface area contributed by atoms with Crippen molar-refractivity contribution in [2.75, 3.05) is 20.8 Å². The van der Waals surface area contributed by atoms with E-state index >= 15 is 0 Å². The van der Waals surface area contributed by atoms with Crippen LogP contribution in [0.5, 0.6) is 11.5 Å². The summed E-state index contributed by atoms with van der Waals surface area (Å²) in [4.78, 5) is 0. The van der Waals surface area contributed by atoms with Crippen LogP contribution in [0.3, 0.4) is 0 Å². The van der Waals surface area contributed by atoms with E-state index in [9.17, 15) is 0 Å². The Morgan fingerprint density at radius 3 is 2.65 bits per heavy atom. The van der Waals surface area contributed by atoms with Crippen LogP contribution in [0.15, 0.2) is 18.2 Å². The van der Waals surface area contributed by atoms with E-state index in [0.717, 1.165) is 17.1 Å². The lowest BCUT2D eigenvalue weighted by molar-refractivity contribution is 0.387. The molecule has 1 unspecified atom stereocenters. The highest BCUT2D eigenvalue weighted by Gasteiger charge is 2.11. The fraction of sp³-hybridized carbons (Fsp3) is 0.429. The van der Waals surface area contributed by atoms with Gasteiger partial charge in [0, 0.05) is 17.7 Å². The van der Waals surface area contributed by atoms with E-state index in [2.05, 4.69) is 24.1 Å². The van der Waals surface area contributed by atoms with E-state index in [4.69, 9.17) is 9.47 Å². The third-order valence-corrected chi connectivity index (χ3v) is 2.58. The van der Waals surface area contributed by atoms with Crippen LogP contribution >= 0.6 is 0 Å². The number of hydrogen-bond donors (Lipinski definition) is 1. The van der Waals surface area contributed by atoms with Gasteiger partial charge in [-0.15, -0.1) is 5.92 Å². The molecule has 0 fully saturated rings. The standard InChI is InChI=1S/C14H19NO2/c1-5-6-9-15-11(2)13-8-7-12(16-3)10-14(13)17-4/h7-8,10-11,15H,9H2,1-4H3. The highest BCUT2D eigenvalue weighted by Crippen LogP contribution is 2.29. The molecule has 0 amide bonds. The van der Waals surface area contributed by atoms with Crippen molar-refractivity contribution in [3.8, 4) is 23.3 Å². The molecule has 3 nitrogen and oxygen atoms in total. The molecule has 0 aliphatic heterocycles. The van der Waals surface area contributed by atoms with E-state index in [1.807, 2.05) is 25.1 Å². The van der Waals surface area contributed by atoms with Gasteiger partial charge in [-0.05, 0) is 19.9 Å². The van der Waals surface area contributed by atoms with Crippen LogP contribution < -0.4 is 14.8 Å². The first kappa shape index (κ1) is 13.4. The van der Waals surface area contributed by atoms with Crippen LogP contribution in [-0.2, 0) is 0 Å². The SMILES string of the molecule is CC#CCNC(C)c1ccc(OC)cc1OC. The Kier molecular flexibility index (Phi) is 5.38. The molecule has 92 valence electrons. The van der Waals surface area contributed by atoms with Gasteiger partial charge in [-0.2, -0.15) is 0 Å². The number of hydrogen-bond acceptors (Lipinski definition) is 3. The van der Waals surface area contributed by atoms with Gasteiger partial charge in [-0.3, -0.25) is 5.32 Å². The molecule has 0 radical (unpaired) electrons. The predicted molar refractivity (Wildman–Crippen MR) is 69.4 cm³/mol. The van der Waals surface area contributed by atoms with Crippen LogP contribution in [-0.4, -0.2) is 20.8 Å². The Labute approximate surface area is 103 Å². The summed E-state index contributed by atoms with van der Waals surface area (Å²) in [5.41, 5.74) is 1.10. The van der Waals surface area contributed by atoms with Gasteiger partial charge in [-0.25, -0.2) is 0 Å². The molecule has 1 atom stereocenters. The third kappa shape index (κ3) is 3.69. The molecular weight excluding hydrogens is 214 g/mol.